The van der Waals surface area contributed by atoms with E-state index in [0.29, 0.717) is 24.8 Å². The predicted molar refractivity (Wildman–Crippen MR) is 100 cm³/mol. The fourth-order valence-corrected chi connectivity index (χ4v) is 2.59. The predicted octanol–water partition coefficient (Wildman–Crippen LogP) is 2.31. The topological polar surface area (TPSA) is 81.7 Å². The second kappa shape index (κ2) is 10.1. The van der Waals surface area contributed by atoms with Crippen molar-refractivity contribution < 1.29 is 23.9 Å². The van der Waals surface area contributed by atoms with Crippen LogP contribution in [0.2, 0.25) is 0 Å². The number of aryl methyl sites for hydroxylation is 1. The molecule has 0 aliphatic carbocycles. The summed E-state index contributed by atoms with van der Waals surface area (Å²) in [6.07, 6.45) is 1.20. The van der Waals surface area contributed by atoms with Crippen molar-refractivity contribution in [1.29, 1.82) is 0 Å². The molecule has 0 aliphatic heterocycles. The smallest absolute Gasteiger partial charge is 0.328 e. The second-order valence-electron chi connectivity index (χ2n) is 6.01. The Labute approximate surface area is 158 Å². The summed E-state index contributed by atoms with van der Waals surface area (Å²) in [5.41, 5.74) is 2.34. The minimum Gasteiger partial charge on any atom is -0.469 e. The molecule has 0 radical (unpaired) electrons. The van der Waals surface area contributed by atoms with Gasteiger partial charge in [0.05, 0.1) is 14.2 Å². The van der Waals surface area contributed by atoms with Crippen molar-refractivity contribution in [2.45, 2.75) is 25.3 Å². The Kier molecular flexibility index (Phi) is 7.55. The molecule has 0 aliphatic rings. The molecule has 0 bridgehead atoms. The molecule has 1 N–H and O–H groups in total. The van der Waals surface area contributed by atoms with Crippen LogP contribution >= 0.6 is 0 Å². The third-order valence-electron chi connectivity index (χ3n) is 4.14. The Balaban J connectivity index is 2.02. The Morgan fingerprint density at radius 1 is 0.889 bits per heavy atom. The molecule has 6 heteroatoms. The summed E-state index contributed by atoms with van der Waals surface area (Å²) >= 11 is 0. The van der Waals surface area contributed by atoms with Crippen molar-refractivity contribution in [3.8, 4) is 0 Å². The van der Waals surface area contributed by atoms with E-state index in [-0.39, 0.29) is 11.9 Å². The van der Waals surface area contributed by atoms with Crippen molar-refractivity contribution in [2.75, 3.05) is 14.2 Å². The minimum absolute atomic E-state index is 0.256. The highest BCUT2D eigenvalue weighted by atomic mass is 16.5. The number of esters is 2. The quantitative estimate of drug-likeness (QED) is 0.722. The number of carbonyl (C=O) groups excluding carboxylic acids is 3. The zero-order valence-electron chi connectivity index (χ0n) is 15.4. The minimum atomic E-state index is -0.788. The Morgan fingerprint density at radius 2 is 1.52 bits per heavy atom. The lowest BCUT2D eigenvalue weighted by Gasteiger charge is -2.17. The molecule has 0 saturated heterocycles. The first-order chi connectivity index (χ1) is 13.0. The fourth-order valence-electron chi connectivity index (χ4n) is 2.59. The van der Waals surface area contributed by atoms with Gasteiger partial charge in [-0.05, 0) is 29.7 Å². The van der Waals surface area contributed by atoms with Crippen molar-refractivity contribution in [3.63, 3.8) is 0 Å². The van der Waals surface area contributed by atoms with Crippen molar-refractivity contribution in [2.24, 2.45) is 0 Å². The van der Waals surface area contributed by atoms with Crippen LogP contribution in [0.5, 0.6) is 0 Å². The van der Waals surface area contributed by atoms with Gasteiger partial charge in [0, 0.05) is 18.4 Å². The number of hydrogen-bond donors (Lipinski definition) is 1. The maximum atomic E-state index is 12.3. The summed E-state index contributed by atoms with van der Waals surface area (Å²) in [7, 11) is 2.65. The average molecular weight is 369 g/mol. The highest BCUT2D eigenvalue weighted by molar-refractivity contribution is 5.96. The first-order valence-electron chi connectivity index (χ1n) is 8.62. The van der Waals surface area contributed by atoms with E-state index in [1.807, 2.05) is 30.3 Å². The lowest BCUT2D eigenvalue weighted by molar-refractivity contribution is -0.143. The van der Waals surface area contributed by atoms with Crippen LogP contribution in [0.3, 0.4) is 0 Å². The van der Waals surface area contributed by atoms with Crippen LogP contribution in [0.15, 0.2) is 54.6 Å². The Morgan fingerprint density at radius 3 is 2.11 bits per heavy atom. The summed E-state index contributed by atoms with van der Waals surface area (Å²) in [6, 6.07) is 15.4. The van der Waals surface area contributed by atoms with Crippen LogP contribution in [-0.4, -0.2) is 38.1 Å². The molecule has 2 aromatic rings. The van der Waals surface area contributed by atoms with E-state index < -0.39 is 12.0 Å². The van der Waals surface area contributed by atoms with Crippen molar-refractivity contribution in [3.05, 3.63) is 71.3 Å². The number of methoxy groups -OCH3 is 2. The number of ether oxygens (including phenoxy) is 2. The van der Waals surface area contributed by atoms with E-state index in [1.165, 1.54) is 14.2 Å². The van der Waals surface area contributed by atoms with E-state index in [0.717, 1.165) is 11.1 Å². The molecule has 0 heterocycles. The van der Waals surface area contributed by atoms with E-state index in [2.05, 4.69) is 10.1 Å². The number of hydrogen-bond acceptors (Lipinski definition) is 5. The van der Waals surface area contributed by atoms with Gasteiger partial charge in [0.25, 0.3) is 5.91 Å². The number of benzene rings is 2. The average Bonchev–Trinajstić information content (AvgIpc) is 2.72. The summed E-state index contributed by atoms with van der Waals surface area (Å²) in [6.45, 7) is 0. The van der Waals surface area contributed by atoms with Crippen LogP contribution in [0.25, 0.3) is 0 Å². The third kappa shape index (κ3) is 6.26. The maximum absolute atomic E-state index is 12.3. The van der Waals surface area contributed by atoms with Gasteiger partial charge in [-0.15, -0.1) is 0 Å². The fraction of sp³-hybridized carbons (Fsp3) is 0.286. The molecule has 1 unspecified atom stereocenters. The molecule has 2 aromatic carbocycles. The van der Waals surface area contributed by atoms with Gasteiger partial charge < -0.3 is 14.8 Å². The van der Waals surface area contributed by atoms with Gasteiger partial charge in [-0.2, -0.15) is 0 Å². The Hall–Kier alpha value is -3.15. The van der Waals surface area contributed by atoms with Crippen LogP contribution in [0.1, 0.15) is 27.9 Å². The number of nitrogens with one attached hydrogen (secondary N) is 1. The second-order valence-corrected chi connectivity index (χ2v) is 6.01. The largest absolute Gasteiger partial charge is 0.469 e. The van der Waals surface area contributed by atoms with Crippen LogP contribution in [-0.2, 0) is 31.9 Å². The monoisotopic (exact) mass is 369 g/mol. The molecule has 2 rings (SSSR count). The lowest BCUT2D eigenvalue weighted by atomic mass is 10.0. The molecule has 1 amide bonds. The van der Waals surface area contributed by atoms with E-state index in [9.17, 15) is 14.4 Å². The van der Waals surface area contributed by atoms with Crippen LogP contribution < -0.4 is 5.32 Å². The molecule has 142 valence electrons. The summed E-state index contributed by atoms with van der Waals surface area (Å²) < 4.78 is 9.45. The molecule has 27 heavy (non-hydrogen) atoms. The highest BCUT2D eigenvalue weighted by Crippen LogP contribution is 2.11. The number of amides is 1. The van der Waals surface area contributed by atoms with E-state index in [4.69, 9.17) is 4.74 Å². The van der Waals surface area contributed by atoms with E-state index >= 15 is 0 Å². The molecule has 0 aromatic heterocycles. The zero-order chi connectivity index (χ0) is 19.6. The van der Waals surface area contributed by atoms with Gasteiger partial charge in [0.2, 0.25) is 0 Å². The van der Waals surface area contributed by atoms with E-state index in [1.54, 1.807) is 24.3 Å². The van der Waals surface area contributed by atoms with Gasteiger partial charge >= 0.3 is 11.9 Å². The van der Waals surface area contributed by atoms with Gasteiger partial charge in [0.15, 0.2) is 0 Å². The molecule has 6 nitrogen and oxygen atoms in total. The normalized spacial score (nSPS) is 11.3. The van der Waals surface area contributed by atoms with Gasteiger partial charge in [-0.3, -0.25) is 9.59 Å². The van der Waals surface area contributed by atoms with Gasteiger partial charge in [-0.25, -0.2) is 4.79 Å². The molecule has 0 spiro atoms. The summed E-state index contributed by atoms with van der Waals surface area (Å²) in [5.74, 6) is -1.09. The highest BCUT2D eigenvalue weighted by Gasteiger charge is 2.22. The first kappa shape index (κ1) is 20.2. The summed E-state index contributed by atoms with van der Waals surface area (Å²) in [5, 5.41) is 2.72. The van der Waals surface area contributed by atoms with Crippen molar-refractivity contribution in [1.82, 2.24) is 5.32 Å². The standard InChI is InChI=1S/C21H23NO5/c1-26-19(23)13-12-15-8-10-16(11-9-15)14-18(21(25)27-2)22-20(24)17-6-4-3-5-7-17/h3-11,18H,12-14H2,1-2H3,(H,22,24). The SMILES string of the molecule is COC(=O)CCc1ccc(CC(NC(=O)c2ccccc2)C(=O)OC)cc1. The molecule has 0 saturated carbocycles. The van der Waals surface area contributed by atoms with Crippen LogP contribution in [0.4, 0.5) is 0 Å². The van der Waals surface area contributed by atoms with Crippen molar-refractivity contribution >= 4 is 17.8 Å². The number of carbonyl (C=O) groups is 3. The number of rotatable bonds is 8. The Bertz CT molecular complexity index is 771. The molecule has 0 fully saturated rings. The first-order valence-corrected chi connectivity index (χ1v) is 8.62. The molecular weight excluding hydrogens is 346 g/mol. The van der Waals surface area contributed by atoms with Gasteiger partial charge in [0.1, 0.15) is 6.04 Å². The lowest BCUT2D eigenvalue weighted by Crippen LogP contribution is -2.43. The third-order valence-corrected chi connectivity index (χ3v) is 4.14. The zero-order valence-corrected chi connectivity index (χ0v) is 15.4. The summed E-state index contributed by atoms with van der Waals surface area (Å²) in [4.78, 5) is 35.6. The van der Waals surface area contributed by atoms with Gasteiger partial charge in [-0.1, -0.05) is 42.5 Å². The molecular formula is C21H23NO5. The maximum Gasteiger partial charge on any atom is 0.328 e. The van der Waals surface area contributed by atoms with Crippen LogP contribution in [0, 0.1) is 0 Å². The molecule has 1 atom stereocenters.